The minimum atomic E-state index is -0.100. The molecule has 5 heteroatoms. The molecule has 1 aromatic heterocycles. The topological polar surface area (TPSA) is 51.2 Å². The second-order valence-corrected chi connectivity index (χ2v) is 5.50. The smallest absolute Gasteiger partial charge is 0.262 e. The lowest BCUT2D eigenvalue weighted by Gasteiger charge is -1.99. The van der Waals surface area contributed by atoms with E-state index in [0.717, 1.165) is 29.3 Å². The van der Waals surface area contributed by atoms with Gasteiger partial charge in [-0.2, -0.15) is 0 Å². The SMILES string of the molecule is CNC(=O)c1cnc(C=Cc2ccc3c(c2)CCO3)s1. The number of benzene rings is 1. The first kappa shape index (κ1) is 12.9. The standard InChI is InChI=1S/C15H14N2O2S/c1-16-15(18)13-9-17-14(20-13)5-3-10-2-4-12-11(8-10)6-7-19-12/h2-5,8-9H,6-7H2,1H3,(H,16,18). The zero-order valence-corrected chi connectivity index (χ0v) is 11.9. The minimum absolute atomic E-state index is 0.100. The van der Waals surface area contributed by atoms with Gasteiger partial charge in [0.05, 0.1) is 12.8 Å². The van der Waals surface area contributed by atoms with E-state index in [1.165, 1.54) is 16.9 Å². The predicted octanol–water partition coefficient (Wildman–Crippen LogP) is 2.61. The Morgan fingerprint density at radius 3 is 3.20 bits per heavy atom. The van der Waals surface area contributed by atoms with Crippen molar-refractivity contribution < 1.29 is 9.53 Å². The zero-order chi connectivity index (χ0) is 13.9. The number of carbonyl (C=O) groups excluding carboxylic acids is 1. The fourth-order valence-electron chi connectivity index (χ4n) is 2.07. The Labute approximate surface area is 121 Å². The van der Waals surface area contributed by atoms with Crippen molar-refractivity contribution in [1.82, 2.24) is 10.3 Å². The van der Waals surface area contributed by atoms with Crippen molar-refractivity contribution >= 4 is 29.4 Å². The molecule has 3 rings (SSSR count). The fraction of sp³-hybridized carbons (Fsp3) is 0.200. The summed E-state index contributed by atoms with van der Waals surface area (Å²) in [5.41, 5.74) is 2.36. The van der Waals surface area contributed by atoms with Gasteiger partial charge in [-0.05, 0) is 29.3 Å². The van der Waals surface area contributed by atoms with E-state index in [1.54, 1.807) is 13.2 Å². The molecule has 2 aromatic rings. The molecule has 0 spiro atoms. The van der Waals surface area contributed by atoms with E-state index in [-0.39, 0.29) is 5.91 Å². The van der Waals surface area contributed by atoms with Crippen molar-refractivity contribution in [3.8, 4) is 5.75 Å². The summed E-state index contributed by atoms with van der Waals surface area (Å²) in [6.45, 7) is 0.768. The maximum atomic E-state index is 11.5. The predicted molar refractivity (Wildman–Crippen MR) is 80.1 cm³/mol. The molecule has 0 unspecified atom stereocenters. The van der Waals surface area contributed by atoms with E-state index >= 15 is 0 Å². The first-order valence-electron chi connectivity index (χ1n) is 6.38. The van der Waals surface area contributed by atoms with Gasteiger partial charge in [-0.3, -0.25) is 4.79 Å². The number of carbonyl (C=O) groups is 1. The molecule has 0 fully saturated rings. The maximum Gasteiger partial charge on any atom is 0.262 e. The molecule has 0 atom stereocenters. The lowest BCUT2D eigenvalue weighted by molar-refractivity contribution is 0.0967. The van der Waals surface area contributed by atoms with Gasteiger partial charge in [-0.25, -0.2) is 4.98 Å². The normalized spacial score (nSPS) is 13.2. The van der Waals surface area contributed by atoms with Gasteiger partial charge >= 0.3 is 0 Å². The number of nitrogens with one attached hydrogen (secondary N) is 1. The van der Waals surface area contributed by atoms with E-state index in [2.05, 4.69) is 16.4 Å². The summed E-state index contributed by atoms with van der Waals surface area (Å²) < 4.78 is 5.48. The summed E-state index contributed by atoms with van der Waals surface area (Å²) in [4.78, 5) is 16.3. The molecule has 0 bridgehead atoms. The van der Waals surface area contributed by atoms with Gasteiger partial charge in [-0.15, -0.1) is 11.3 Å². The monoisotopic (exact) mass is 286 g/mol. The molecular weight excluding hydrogens is 272 g/mol. The van der Waals surface area contributed by atoms with Crippen LogP contribution in [0.3, 0.4) is 0 Å². The molecule has 1 N–H and O–H groups in total. The highest BCUT2D eigenvalue weighted by molar-refractivity contribution is 7.14. The molecule has 0 radical (unpaired) electrons. The number of aromatic nitrogens is 1. The van der Waals surface area contributed by atoms with Gasteiger partial charge in [0.25, 0.3) is 5.91 Å². The van der Waals surface area contributed by atoms with Gasteiger partial charge in [0.2, 0.25) is 0 Å². The van der Waals surface area contributed by atoms with Crippen molar-refractivity contribution in [2.24, 2.45) is 0 Å². The number of nitrogens with zero attached hydrogens (tertiary/aromatic N) is 1. The number of hydrogen-bond acceptors (Lipinski definition) is 4. The van der Waals surface area contributed by atoms with Crippen LogP contribution in [0.1, 0.15) is 25.8 Å². The third kappa shape index (κ3) is 2.58. The third-order valence-electron chi connectivity index (χ3n) is 3.11. The first-order valence-corrected chi connectivity index (χ1v) is 7.19. The summed E-state index contributed by atoms with van der Waals surface area (Å²) in [6, 6.07) is 6.15. The Bertz CT molecular complexity index is 676. The van der Waals surface area contributed by atoms with Gasteiger partial charge in [0, 0.05) is 13.5 Å². The van der Waals surface area contributed by atoms with E-state index in [9.17, 15) is 4.79 Å². The summed E-state index contributed by atoms with van der Waals surface area (Å²) in [5, 5.41) is 3.41. The van der Waals surface area contributed by atoms with Crippen molar-refractivity contribution in [2.75, 3.05) is 13.7 Å². The Hall–Kier alpha value is -2.14. The number of amides is 1. The van der Waals surface area contributed by atoms with Crippen LogP contribution in [-0.2, 0) is 6.42 Å². The number of hydrogen-bond donors (Lipinski definition) is 1. The van der Waals surface area contributed by atoms with E-state index in [0.29, 0.717) is 4.88 Å². The second-order valence-electron chi connectivity index (χ2n) is 4.44. The average Bonchev–Trinajstić information content (AvgIpc) is 3.12. The van der Waals surface area contributed by atoms with Crippen LogP contribution in [0.15, 0.2) is 24.4 Å². The van der Waals surface area contributed by atoms with Crippen molar-refractivity contribution in [3.63, 3.8) is 0 Å². The van der Waals surface area contributed by atoms with Crippen LogP contribution in [0.2, 0.25) is 0 Å². The quantitative estimate of drug-likeness (QED) is 0.943. The number of rotatable bonds is 3. The Morgan fingerprint density at radius 2 is 2.35 bits per heavy atom. The van der Waals surface area contributed by atoms with Crippen molar-refractivity contribution in [3.05, 3.63) is 45.4 Å². The fourth-order valence-corrected chi connectivity index (χ4v) is 2.84. The number of ether oxygens (including phenoxy) is 1. The van der Waals surface area contributed by atoms with Crippen LogP contribution in [0.4, 0.5) is 0 Å². The first-order chi connectivity index (χ1) is 9.76. The van der Waals surface area contributed by atoms with Gasteiger partial charge in [-0.1, -0.05) is 12.1 Å². The highest BCUT2D eigenvalue weighted by Crippen LogP contribution is 2.26. The lowest BCUT2D eigenvalue weighted by atomic mass is 10.1. The third-order valence-corrected chi connectivity index (χ3v) is 4.07. The van der Waals surface area contributed by atoms with E-state index in [1.807, 2.05) is 24.3 Å². The van der Waals surface area contributed by atoms with Gasteiger partial charge in [0.1, 0.15) is 15.6 Å². The summed E-state index contributed by atoms with van der Waals surface area (Å²) in [6.07, 6.45) is 6.49. The van der Waals surface area contributed by atoms with E-state index < -0.39 is 0 Å². The average molecular weight is 286 g/mol. The zero-order valence-electron chi connectivity index (χ0n) is 11.1. The summed E-state index contributed by atoms with van der Waals surface area (Å²) in [7, 11) is 1.62. The van der Waals surface area contributed by atoms with Crippen LogP contribution < -0.4 is 10.1 Å². The maximum absolute atomic E-state index is 11.5. The lowest BCUT2D eigenvalue weighted by Crippen LogP contribution is -2.16. The Balaban J connectivity index is 1.77. The number of thiazole rings is 1. The number of fused-ring (bicyclic) bond motifs is 1. The van der Waals surface area contributed by atoms with Crippen LogP contribution in [0, 0.1) is 0 Å². The van der Waals surface area contributed by atoms with Crippen LogP contribution in [0.25, 0.3) is 12.2 Å². The molecule has 1 aliphatic heterocycles. The summed E-state index contributed by atoms with van der Waals surface area (Å²) >= 11 is 1.38. The Kier molecular flexibility index (Phi) is 3.52. The second kappa shape index (κ2) is 5.46. The minimum Gasteiger partial charge on any atom is -0.493 e. The highest BCUT2D eigenvalue weighted by atomic mass is 32.1. The molecule has 0 saturated carbocycles. The van der Waals surface area contributed by atoms with Crippen LogP contribution in [-0.4, -0.2) is 24.5 Å². The molecule has 1 aliphatic rings. The molecule has 1 amide bonds. The van der Waals surface area contributed by atoms with Crippen molar-refractivity contribution in [1.29, 1.82) is 0 Å². The van der Waals surface area contributed by atoms with E-state index in [4.69, 9.17) is 4.74 Å². The molecule has 2 heterocycles. The van der Waals surface area contributed by atoms with Crippen LogP contribution in [0.5, 0.6) is 5.75 Å². The summed E-state index contributed by atoms with van der Waals surface area (Å²) in [5.74, 6) is 0.884. The largest absolute Gasteiger partial charge is 0.493 e. The van der Waals surface area contributed by atoms with Gasteiger partial charge in [0.15, 0.2) is 0 Å². The molecule has 0 saturated heterocycles. The van der Waals surface area contributed by atoms with Gasteiger partial charge < -0.3 is 10.1 Å². The molecule has 20 heavy (non-hydrogen) atoms. The molecular formula is C15H14N2O2S. The van der Waals surface area contributed by atoms with Crippen LogP contribution >= 0.6 is 11.3 Å². The van der Waals surface area contributed by atoms with Crippen molar-refractivity contribution in [2.45, 2.75) is 6.42 Å². The molecule has 0 aliphatic carbocycles. The molecule has 1 aromatic carbocycles. The molecule has 102 valence electrons. The Morgan fingerprint density at radius 1 is 1.45 bits per heavy atom. The highest BCUT2D eigenvalue weighted by Gasteiger charge is 2.11. The molecule has 4 nitrogen and oxygen atoms in total.